The SMILES string of the molecule is C.CC(=O)OC(C)=O.CC[C@@]12CO[C@@H]([C@H](N3C=C(C)C(O)NC3=O)O1)[C@@H]2O.CC[C@@]12CO[C@@H]([C@H](OC)O1)[C@@H]2OC(C)=O.Cc1cnc(O[Si](C)(C)C)nc1O[Si](C)(C)C. The maximum Gasteiger partial charge on any atom is 0.325 e. The minimum Gasteiger partial charge on any atom is -0.531 e. The molecule has 0 saturated carbocycles. The van der Waals surface area contributed by atoms with E-state index < -0.39 is 76.8 Å². The van der Waals surface area contributed by atoms with Gasteiger partial charge in [0.25, 0.3) is 0 Å². The molecule has 21 heteroatoms. The van der Waals surface area contributed by atoms with Gasteiger partial charge in [-0.2, -0.15) is 4.98 Å². The Bertz CT molecular complexity index is 1640. The van der Waals surface area contributed by atoms with Crippen molar-refractivity contribution in [2.75, 3.05) is 20.3 Å². The molecule has 4 fully saturated rings. The second-order valence-corrected chi connectivity index (χ2v) is 25.2. The van der Waals surface area contributed by atoms with Crippen LogP contribution in [0.4, 0.5) is 4.79 Å². The summed E-state index contributed by atoms with van der Waals surface area (Å²) in [5, 5.41) is 22.2. The van der Waals surface area contributed by atoms with Crippen molar-refractivity contribution in [3.8, 4) is 11.9 Å². The molecule has 59 heavy (non-hydrogen) atoms. The summed E-state index contributed by atoms with van der Waals surface area (Å²) in [4.78, 5) is 52.4. The van der Waals surface area contributed by atoms with Crippen LogP contribution in [0.5, 0.6) is 11.9 Å². The first-order chi connectivity index (χ1) is 26.8. The lowest BCUT2D eigenvalue weighted by atomic mass is 9.96. The van der Waals surface area contributed by atoms with Gasteiger partial charge in [-0.05, 0) is 71.5 Å². The molecule has 4 saturated heterocycles. The molecule has 336 valence electrons. The van der Waals surface area contributed by atoms with Crippen LogP contribution in [0.3, 0.4) is 0 Å². The third-order valence-electron chi connectivity index (χ3n) is 9.22. The normalized spacial score (nSPS) is 30.1. The second-order valence-electron chi connectivity index (χ2n) is 16.4. The van der Waals surface area contributed by atoms with Crippen LogP contribution in [0, 0.1) is 6.92 Å². The first-order valence-corrected chi connectivity index (χ1v) is 25.9. The van der Waals surface area contributed by atoms with E-state index in [0.717, 1.165) is 12.0 Å². The highest BCUT2D eigenvalue weighted by molar-refractivity contribution is 6.70. The van der Waals surface area contributed by atoms with Crippen molar-refractivity contribution >= 4 is 40.6 Å². The summed E-state index contributed by atoms with van der Waals surface area (Å²) in [5.74, 6) is -0.777. The van der Waals surface area contributed by atoms with Crippen LogP contribution < -0.4 is 14.2 Å². The molecule has 6 rings (SSSR count). The van der Waals surface area contributed by atoms with Crippen molar-refractivity contribution in [1.82, 2.24) is 20.2 Å². The molecule has 5 aliphatic rings. The summed E-state index contributed by atoms with van der Waals surface area (Å²) in [5.41, 5.74) is 0.311. The fourth-order valence-electron chi connectivity index (χ4n) is 6.39. The number of methoxy groups -OCH3 is 1. The van der Waals surface area contributed by atoms with Crippen LogP contribution in [0.15, 0.2) is 18.0 Å². The van der Waals surface area contributed by atoms with Gasteiger partial charge in [-0.15, -0.1) is 0 Å². The Balaban J connectivity index is 0.000000282. The van der Waals surface area contributed by atoms with Crippen molar-refractivity contribution in [2.24, 2.45) is 0 Å². The summed E-state index contributed by atoms with van der Waals surface area (Å²) in [6.45, 7) is 24.8. The minimum atomic E-state index is -1.67. The van der Waals surface area contributed by atoms with Gasteiger partial charge < -0.3 is 57.5 Å². The van der Waals surface area contributed by atoms with Crippen LogP contribution in [0.25, 0.3) is 0 Å². The number of carbonyl (C=O) groups is 4. The summed E-state index contributed by atoms with van der Waals surface area (Å²) < 4.78 is 48.7. The predicted molar refractivity (Wildman–Crippen MR) is 218 cm³/mol. The quantitative estimate of drug-likeness (QED) is 0.181. The Morgan fingerprint density at radius 3 is 1.93 bits per heavy atom. The van der Waals surface area contributed by atoms with Gasteiger partial charge in [-0.25, -0.2) is 9.78 Å². The maximum atomic E-state index is 11.9. The van der Waals surface area contributed by atoms with Gasteiger partial charge in [-0.1, -0.05) is 21.3 Å². The summed E-state index contributed by atoms with van der Waals surface area (Å²) in [6, 6.07) is -0.0271. The third-order valence-corrected chi connectivity index (χ3v) is 10.8. The maximum absolute atomic E-state index is 11.9. The summed E-state index contributed by atoms with van der Waals surface area (Å²) >= 11 is 0. The van der Waals surface area contributed by atoms with E-state index in [4.69, 9.17) is 37.3 Å². The molecule has 1 aromatic rings. The predicted octanol–water partition coefficient (Wildman–Crippen LogP) is 3.91. The van der Waals surface area contributed by atoms with Crippen molar-refractivity contribution in [1.29, 1.82) is 0 Å². The number of hydrogen-bond donors (Lipinski definition) is 3. The number of aryl methyl sites for hydroxylation is 1. The smallest absolute Gasteiger partial charge is 0.325 e. The highest BCUT2D eigenvalue weighted by atomic mass is 28.4. The molecule has 3 N–H and O–H groups in total. The number of aliphatic hydroxyl groups excluding tert-OH is 2. The number of aliphatic hydroxyl groups is 2. The van der Waals surface area contributed by atoms with Crippen LogP contribution in [-0.4, -0.2) is 140 Å². The molecule has 9 atom stereocenters. The van der Waals surface area contributed by atoms with Crippen molar-refractivity contribution < 1.29 is 71.4 Å². The number of nitrogens with one attached hydrogen (secondary N) is 1. The van der Waals surface area contributed by atoms with Crippen LogP contribution in [0.2, 0.25) is 39.3 Å². The van der Waals surface area contributed by atoms with Gasteiger partial charge in [-0.3, -0.25) is 19.3 Å². The molecule has 0 spiro atoms. The lowest BCUT2D eigenvalue weighted by Gasteiger charge is -2.37. The monoisotopic (exact) mass is 874 g/mol. The molecule has 1 unspecified atom stereocenters. The van der Waals surface area contributed by atoms with Crippen LogP contribution in [-0.2, 0) is 47.5 Å². The Morgan fingerprint density at radius 1 is 0.898 bits per heavy atom. The van der Waals surface area contributed by atoms with Gasteiger partial charge in [0.15, 0.2) is 24.8 Å². The number of ether oxygens (including phenoxy) is 7. The van der Waals surface area contributed by atoms with E-state index >= 15 is 0 Å². The third kappa shape index (κ3) is 13.5. The first kappa shape index (κ1) is 51.6. The number of carbonyl (C=O) groups excluding carboxylic acids is 4. The zero-order valence-electron chi connectivity index (χ0n) is 36.1. The van der Waals surface area contributed by atoms with E-state index in [1.807, 2.05) is 20.8 Å². The van der Waals surface area contributed by atoms with Crippen molar-refractivity contribution in [3.63, 3.8) is 0 Å². The molecule has 5 aliphatic heterocycles. The zero-order chi connectivity index (χ0) is 44.0. The largest absolute Gasteiger partial charge is 0.531 e. The van der Waals surface area contributed by atoms with E-state index in [9.17, 15) is 29.4 Å². The average molecular weight is 875 g/mol. The molecule has 2 amide bonds. The molecule has 0 radical (unpaired) electrons. The number of amides is 2. The average Bonchev–Trinajstić information content (AvgIpc) is 3.80. The highest BCUT2D eigenvalue weighted by Crippen LogP contribution is 2.45. The van der Waals surface area contributed by atoms with E-state index in [2.05, 4.69) is 59.3 Å². The van der Waals surface area contributed by atoms with Crippen molar-refractivity contribution in [3.05, 3.63) is 23.5 Å². The number of aromatic nitrogens is 2. The van der Waals surface area contributed by atoms with E-state index in [-0.39, 0.29) is 25.6 Å². The molecule has 1 aromatic heterocycles. The van der Waals surface area contributed by atoms with Gasteiger partial charge >= 0.3 is 29.9 Å². The lowest BCUT2D eigenvalue weighted by molar-refractivity contribution is -0.235. The minimum absolute atomic E-state index is 0. The van der Waals surface area contributed by atoms with Crippen LogP contribution >= 0.6 is 0 Å². The van der Waals surface area contributed by atoms with E-state index in [1.165, 1.54) is 31.9 Å². The zero-order valence-corrected chi connectivity index (χ0v) is 38.1. The number of fused-ring (bicyclic) bond motifs is 4. The van der Waals surface area contributed by atoms with Crippen LogP contribution in [0.1, 0.15) is 67.4 Å². The van der Waals surface area contributed by atoms with Gasteiger partial charge in [0.05, 0.1) is 13.2 Å². The molecular weight excluding hydrogens is 809 g/mol. The van der Waals surface area contributed by atoms with Gasteiger partial charge in [0.2, 0.25) is 22.5 Å². The summed E-state index contributed by atoms with van der Waals surface area (Å²) in [7, 11) is -1.75. The molecule has 6 heterocycles. The number of esters is 3. The molecule has 19 nitrogen and oxygen atoms in total. The molecule has 0 aromatic carbocycles. The first-order valence-electron chi connectivity index (χ1n) is 19.1. The fraction of sp³-hybridized carbons (Fsp3) is 0.737. The van der Waals surface area contributed by atoms with E-state index in [1.54, 1.807) is 20.2 Å². The van der Waals surface area contributed by atoms with Gasteiger partial charge in [0, 0.05) is 45.8 Å². The van der Waals surface area contributed by atoms with Gasteiger partial charge in [0.1, 0.15) is 29.5 Å². The highest BCUT2D eigenvalue weighted by Gasteiger charge is 2.63. The lowest BCUT2D eigenvalue weighted by Crippen LogP contribution is -2.55. The number of hydrogen-bond acceptors (Lipinski definition) is 17. The van der Waals surface area contributed by atoms with E-state index in [0.29, 0.717) is 37.1 Å². The Hall–Kier alpha value is -3.55. The number of rotatable bonds is 9. The Morgan fingerprint density at radius 2 is 1.46 bits per heavy atom. The molecular formula is C38H66N4O15Si2. The standard InChI is InChI=1S/C12H18N2O5.C11H22N2O2Si2.C10H16O5.C4H6O3.CH4/c1-3-12-5-18-7(8(12)15)10(19-12)14-4-6(2)9(16)13-11(14)17;1-9-8-12-11(15-17(5,6)7)13-10(9)14-16(2,3)4;1-4-10-5-13-7(9(12-3)15-10)8(10)14-6(2)11;1-3(5)7-4(2)6;/h4,7-10,15-16H,3,5H2,1-2H3,(H,13,17);8H,1-7H3;7-9H,4-5H2,1-3H3;1-2H3;1H4/t7-,8+,9?,10-,12+;;7-,8+,9-,10+;;/m1.1../s1. The number of nitrogens with zero attached hydrogens (tertiary/aromatic N) is 3. The van der Waals surface area contributed by atoms with Crippen molar-refractivity contribution in [2.45, 2.75) is 162 Å². The Labute approximate surface area is 349 Å². The number of urea groups is 1. The summed E-state index contributed by atoms with van der Waals surface area (Å²) in [6.07, 6.45) is 0.655. The Kier molecular flexibility index (Phi) is 18.2. The fourth-order valence-corrected chi connectivity index (χ4v) is 7.83. The second kappa shape index (κ2) is 20.8. The molecule has 4 bridgehead atoms. The topological polar surface area (TPSA) is 233 Å². The molecule has 0 aliphatic carbocycles.